The van der Waals surface area contributed by atoms with Gasteiger partial charge in [0.2, 0.25) is 0 Å². The van der Waals surface area contributed by atoms with E-state index in [4.69, 9.17) is 0 Å². The van der Waals surface area contributed by atoms with Gasteiger partial charge in [0.1, 0.15) is 11.5 Å². The summed E-state index contributed by atoms with van der Waals surface area (Å²) in [6.07, 6.45) is 0. The second-order valence-electron chi connectivity index (χ2n) is 5.59. The number of nitrogens with zero attached hydrogens (tertiary/aromatic N) is 2. The minimum Gasteiger partial charge on any atom is -0.350 e. The van der Waals surface area contributed by atoms with Crippen LogP contribution in [0.3, 0.4) is 0 Å². The topological polar surface area (TPSA) is 46.9 Å². The Morgan fingerprint density at radius 2 is 2.12 bits per heavy atom. The molecule has 0 atom stereocenters. The normalized spacial score (nSPS) is 10.8. The number of thiophene rings is 1. The van der Waals surface area contributed by atoms with Crippen molar-refractivity contribution in [2.75, 3.05) is 6.54 Å². The quantitative estimate of drug-likeness (QED) is 0.766. The second-order valence-corrected chi connectivity index (χ2v) is 6.54. The number of hydrogen-bond donors (Lipinski definition) is 1. The van der Waals surface area contributed by atoms with Crippen molar-refractivity contribution in [2.24, 2.45) is 0 Å². The molecule has 1 amide bonds. The van der Waals surface area contributed by atoms with Crippen LogP contribution in [-0.2, 0) is 6.54 Å². The molecule has 24 heavy (non-hydrogen) atoms. The summed E-state index contributed by atoms with van der Waals surface area (Å²) in [6, 6.07) is 10.6. The van der Waals surface area contributed by atoms with Gasteiger partial charge in [0.05, 0.1) is 11.4 Å². The van der Waals surface area contributed by atoms with E-state index in [9.17, 15) is 9.18 Å². The maximum atomic E-state index is 13.5. The summed E-state index contributed by atoms with van der Waals surface area (Å²) in [6.45, 7) is 4.65. The predicted octanol–water partition coefficient (Wildman–Crippen LogP) is 3.80. The number of aryl methyl sites for hydroxylation is 2. The van der Waals surface area contributed by atoms with Crippen LogP contribution in [0.1, 0.15) is 21.6 Å². The first kappa shape index (κ1) is 16.4. The Hall–Kier alpha value is -2.47. The van der Waals surface area contributed by atoms with Gasteiger partial charge < -0.3 is 5.32 Å². The fourth-order valence-corrected chi connectivity index (χ4v) is 3.07. The van der Waals surface area contributed by atoms with Gasteiger partial charge in [-0.15, -0.1) is 11.3 Å². The first-order chi connectivity index (χ1) is 11.5. The molecule has 0 aliphatic heterocycles. The van der Waals surface area contributed by atoms with Gasteiger partial charge in [0.25, 0.3) is 5.91 Å². The van der Waals surface area contributed by atoms with E-state index in [1.54, 1.807) is 30.4 Å². The van der Waals surface area contributed by atoms with Gasteiger partial charge in [0, 0.05) is 17.8 Å². The van der Waals surface area contributed by atoms with Crippen molar-refractivity contribution >= 4 is 17.2 Å². The lowest BCUT2D eigenvalue weighted by Crippen LogP contribution is -2.27. The van der Waals surface area contributed by atoms with E-state index >= 15 is 0 Å². The molecule has 1 N–H and O–H groups in total. The Balaban J connectivity index is 1.60. The number of halogens is 1. The lowest BCUT2D eigenvalue weighted by atomic mass is 10.1. The van der Waals surface area contributed by atoms with Crippen molar-refractivity contribution in [1.29, 1.82) is 0 Å². The third kappa shape index (κ3) is 3.54. The molecule has 2 aromatic heterocycles. The number of amides is 1. The minimum atomic E-state index is -0.369. The second kappa shape index (κ2) is 6.97. The zero-order chi connectivity index (χ0) is 17.1. The van der Waals surface area contributed by atoms with E-state index < -0.39 is 0 Å². The zero-order valence-corrected chi connectivity index (χ0v) is 14.4. The van der Waals surface area contributed by atoms with E-state index in [0.29, 0.717) is 24.2 Å². The molecule has 0 saturated carbocycles. The molecule has 0 saturated heterocycles. The molecule has 0 aliphatic carbocycles. The van der Waals surface area contributed by atoms with E-state index in [2.05, 4.69) is 10.4 Å². The molecule has 3 aromatic rings. The summed E-state index contributed by atoms with van der Waals surface area (Å²) >= 11 is 1.65. The van der Waals surface area contributed by atoms with Crippen molar-refractivity contribution in [3.05, 3.63) is 64.4 Å². The summed E-state index contributed by atoms with van der Waals surface area (Å²) in [4.78, 5) is 13.2. The van der Waals surface area contributed by atoms with Crippen molar-refractivity contribution < 1.29 is 9.18 Å². The number of aromatic nitrogens is 2. The first-order valence-corrected chi connectivity index (χ1v) is 8.55. The molecule has 0 spiro atoms. The van der Waals surface area contributed by atoms with Gasteiger partial charge in [-0.3, -0.25) is 9.48 Å². The van der Waals surface area contributed by atoms with Gasteiger partial charge in [-0.05, 0) is 49.1 Å². The van der Waals surface area contributed by atoms with E-state index in [0.717, 1.165) is 16.3 Å². The Morgan fingerprint density at radius 1 is 1.29 bits per heavy atom. The molecule has 0 unspecified atom stereocenters. The smallest absolute Gasteiger partial charge is 0.251 e. The predicted molar refractivity (Wildman–Crippen MR) is 93.7 cm³/mol. The number of nitrogens with one attached hydrogen (secondary N) is 1. The molecule has 4 nitrogen and oxygen atoms in total. The molecule has 0 fully saturated rings. The summed E-state index contributed by atoms with van der Waals surface area (Å²) in [5.74, 6) is -0.650. The molecule has 2 heterocycles. The van der Waals surface area contributed by atoms with Crippen LogP contribution < -0.4 is 5.32 Å². The number of carbonyl (C=O) groups is 1. The summed E-state index contributed by atoms with van der Waals surface area (Å²) in [7, 11) is 0. The highest BCUT2D eigenvalue weighted by Gasteiger charge is 2.10. The van der Waals surface area contributed by atoms with Crippen LogP contribution in [-0.4, -0.2) is 22.2 Å². The summed E-state index contributed by atoms with van der Waals surface area (Å²) in [5, 5.41) is 9.38. The largest absolute Gasteiger partial charge is 0.350 e. The van der Waals surface area contributed by atoms with Crippen LogP contribution in [0.2, 0.25) is 0 Å². The zero-order valence-electron chi connectivity index (χ0n) is 13.5. The van der Waals surface area contributed by atoms with Gasteiger partial charge in [0.15, 0.2) is 0 Å². The Bertz CT molecular complexity index is 855. The molecular weight excluding hydrogens is 325 g/mol. The Morgan fingerprint density at radius 3 is 2.83 bits per heavy atom. The maximum Gasteiger partial charge on any atom is 0.251 e. The lowest BCUT2D eigenvalue weighted by molar-refractivity contribution is 0.0951. The van der Waals surface area contributed by atoms with Gasteiger partial charge in [-0.1, -0.05) is 12.1 Å². The number of rotatable bonds is 5. The van der Waals surface area contributed by atoms with Gasteiger partial charge in [-0.2, -0.15) is 5.10 Å². The van der Waals surface area contributed by atoms with Crippen LogP contribution >= 0.6 is 11.3 Å². The lowest BCUT2D eigenvalue weighted by Gasteiger charge is -2.07. The average molecular weight is 343 g/mol. The highest BCUT2D eigenvalue weighted by Crippen LogP contribution is 2.23. The van der Waals surface area contributed by atoms with Crippen molar-refractivity contribution in [1.82, 2.24) is 15.1 Å². The molecule has 124 valence electrons. The highest BCUT2D eigenvalue weighted by atomic mass is 32.1. The molecule has 6 heteroatoms. The molecule has 3 rings (SSSR count). The summed E-state index contributed by atoms with van der Waals surface area (Å²) < 4.78 is 15.4. The van der Waals surface area contributed by atoms with Crippen LogP contribution in [0, 0.1) is 19.7 Å². The van der Waals surface area contributed by atoms with Gasteiger partial charge in [-0.25, -0.2) is 4.39 Å². The highest BCUT2D eigenvalue weighted by molar-refractivity contribution is 7.13. The Labute approximate surface area is 143 Å². The molecular formula is C18H18FN3OS. The average Bonchev–Trinajstić information content (AvgIpc) is 3.20. The van der Waals surface area contributed by atoms with Crippen LogP contribution in [0.25, 0.3) is 10.6 Å². The van der Waals surface area contributed by atoms with Crippen LogP contribution in [0.5, 0.6) is 0 Å². The summed E-state index contributed by atoms with van der Waals surface area (Å²) in [5.41, 5.74) is 2.83. The van der Waals surface area contributed by atoms with E-state index in [1.807, 2.05) is 35.2 Å². The third-order valence-electron chi connectivity index (χ3n) is 3.80. The van der Waals surface area contributed by atoms with Crippen molar-refractivity contribution in [3.8, 4) is 10.6 Å². The number of benzene rings is 1. The number of carbonyl (C=O) groups excluding carboxylic acids is 1. The van der Waals surface area contributed by atoms with Crippen LogP contribution in [0.4, 0.5) is 4.39 Å². The standard InChI is InChI=1S/C18H18FN3OS/c1-12-5-6-14(11-15(12)19)18(23)20-7-8-22-13(2)10-16(21-22)17-4-3-9-24-17/h3-6,9-11H,7-8H2,1-2H3,(H,20,23). The fourth-order valence-electron chi connectivity index (χ4n) is 2.39. The fraction of sp³-hybridized carbons (Fsp3) is 0.222. The molecule has 0 aliphatic rings. The van der Waals surface area contributed by atoms with Gasteiger partial charge >= 0.3 is 0 Å². The first-order valence-electron chi connectivity index (χ1n) is 7.67. The van der Waals surface area contributed by atoms with Crippen molar-refractivity contribution in [2.45, 2.75) is 20.4 Å². The SMILES string of the molecule is Cc1ccc(C(=O)NCCn2nc(-c3cccs3)cc2C)cc1F. The monoisotopic (exact) mass is 343 g/mol. The minimum absolute atomic E-state index is 0.280. The Kier molecular flexibility index (Phi) is 4.76. The molecule has 0 radical (unpaired) electrons. The molecule has 0 bridgehead atoms. The van der Waals surface area contributed by atoms with Crippen molar-refractivity contribution in [3.63, 3.8) is 0 Å². The number of hydrogen-bond acceptors (Lipinski definition) is 3. The third-order valence-corrected chi connectivity index (χ3v) is 4.69. The van der Waals surface area contributed by atoms with Crippen LogP contribution in [0.15, 0.2) is 41.8 Å². The van der Waals surface area contributed by atoms with E-state index in [-0.39, 0.29) is 11.7 Å². The van der Waals surface area contributed by atoms with E-state index in [1.165, 1.54) is 6.07 Å². The maximum absolute atomic E-state index is 13.5. The molecule has 1 aromatic carbocycles.